The van der Waals surface area contributed by atoms with Crippen molar-refractivity contribution < 1.29 is 13.9 Å². The minimum Gasteiger partial charge on any atom is -0.494 e. The molecule has 0 saturated heterocycles. The molecule has 114 valence electrons. The zero-order valence-corrected chi connectivity index (χ0v) is 12.9. The highest BCUT2D eigenvalue weighted by Gasteiger charge is 2.08. The predicted octanol–water partition coefficient (Wildman–Crippen LogP) is 3.68. The molecule has 0 radical (unpaired) electrons. The van der Waals surface area contributed by atoms with Crippen molar-refractivity contribution in [2.75, 3.05) is 13.2 Å². The second kappa shape index (κ2) is 7.74. The second-order valence-corrected chi connectivity index (χ2v) is 4.77. The highest BCUT2D eigenvalue weighted by molar-refractivity contribution is 5.33. The molecule has 4 nitrogen and oxygen atoms in total. The fraction of sp³-hybridized carbons (Fsp3) is 0.412. The van der Waals surface area contributed by atoms with Gasteiger partial charge >= 0.3 is 0 Å². The van der Waals surface area contributed by atoms with E-state index in [-0.39, 0.29) is 0 Å². The van der Waals surface area contributed by atoms with Crippen LogP contribution in [0.15, 0.2) is 34.7 Å². The Kier molecular flexibility index (Phi) is 5.69. The number of aryl methyl sites for hydroxylation is 1. The normalized spacial score (nSPS) is 10.6. The summed E-state index contributed by atoms with van der Waals surface area (Å²) in [6, 6.07) is 9.73. The number of benzene rings is 1. The summed E-state index contributed by atoms with van der Waals surface area (Å²) in [4.78, 5) is 0. The molecule has 0 aliphatic carbocycles. The van der Waals surface area contributed by atoms with Gasteiger partial charge in [-0.1, -0.05) is 13.0 Å². The molecule has 0 saturated carbocycles. The van der Waals surface area contributed by atoms with Crippen LogP contribution in [-0.2, 0) is 13.2 Å². The van der Waals surface area contributed by atoms with Crippen LogP contribution in [0.4, 0.5) is 0 Å². The zero-order chi connectivity index (χ0) is 15.1. The predicted molar refractivity (Wildman–Crippen MR) is 82.8 cm³/mol. The molecule has 0 atom stereocenters. The van der Waals surface area contributed by atoms with E-state index in [1.807, 2.05) is 44.2 Å². The number of hydrogen-bond donors (Lipinski definition) is 1. The van der Waals surface area contributed by atoms with E-state index in [9.17, 15) is 0 Å². The van der Waals surface area contributed by atoms with Gasteiger partial charge in [0.1, 0.15) is 29.6 Å². The standard InChI is InChI=1S/C17H23NO3/c1-4-18-11-17-9-14(13(3)21-17)12-20-16-8-6-7-15(10-16)19-5-2/h6-10,18H,4-5,11-12H2,1-3H3. The summed E-state index contributed by atoms with van der Waals surface area (Å²) in [5, 5.41) is 3.25. The zero-order valence-electron chi connectivity index (χ0n) is 12.9. The molecule has 0 bridgehead atoms. The summed E-state index contributed by atoms with van der Waals surface area (Å²) in [6.07, 6.45) is 0. The van der Waals surface area contributed by atoms with E-state index in [1.165, 1.54) is 0 Å². The first-order valence-electron chi connectivity index (χ1n) is 7.37. The number of ether oxygens (including phenoxy) is 2. The Bertz CT molecular complexity index is 563. The van der Waals surface area contributed by atoms with Gasteiger partial charge in [-0.3, -0.25) is 0 Å². The molecule has 2 rings (SSSR count). The van der Waals surface area contributed by atoms with Crippen LogP contribution in [0.2, 0.25) is 0 Å². The summed E-state index contributed by atoms with van der Waals surface area (Å²) in [7, 11) is 0. The van der Waals surface area contributed by atoms with Gasteiger partial charge in [-0.25, -0.2) is 0 Å². The van der Waals surface area contributed by atoms with Crippen LogP contribution in [0.25, 0.3) is 0 Å². The Labute approximate surface area is 126 Å². The number of nitrogens with one attached hydrogen (secondary N) is 1. The van der Waals surface area contributed by atoms with Crippen molar-refractivity contribution in [1.82, 2.24) is 5.32 Å². The smallest absolute Gasteiger partial charge is 0.123 e. The summed E-state index contributed by atoms with van der Waals surface area (Å²) >= 11 is 0. The molecular formula is C17H23NO3. The lowest BCUT2D eigenvalue weighted by molar-refractivity contribution is 0.297. The highest BCUT2D eigenvalue weighted by Crippen LogP contribution is 2.22. The number of rotatable bonds is 8. The molecule has 1 aromatic heterocycles. The SMILES string of the molecule is CCNCc1cc(COc2cccc(OCC)c2)c(C)o1. The van der Waals surface area contributed by atoms with Crippen LogP contribution in [-0.4, -0.2) is 13.2 Å². The van der Waals surface area contributed by atoms with Crippen molar-refractivity contribution in [3.8, 4) is 11.5 Å². The molecule has 0 aliphatic heterocycles. The van der Waals surface area contributed by atoms with Crippen molar-refractivity contribution >= 4 is 0 Å². The van der Waals surface area contributed by atoms with Gasteiger partial charge in [-0.15, -0.1) is 0 Å². The van der Waals surface area contributed by atoms with Crippen LogP contribution >= 0.6 is 0 Å². The lowest BCUT2D eigenvalue weighted by atomic mass is 10.2. The first-order chi connectivity index (χ1) is 10.2. The quantitative estimate of drug-likeness (QED) is 0.805. The first kappa shape index (κ1) is 15.4. The van der Waals surface area contributed by atoms with Gasteiger partial charge in [0.05, 0.1) is 13.2 Å². The van der Waals surface area contributed by atoms with Crippen LogP contribution in [0.5, 0.6) is 11.5 Å². The Morgan fingerprint density at radius 2 is 1.86 bits per heavy atom. The Morgan fingerprint density at radius 1 is 1.10 bits per heavy atom. The van der Waals surface area contributed by atoms with E-state index >= 15 is 0 Å². The third-order valence-electron chi connectivity index (χ3n) is 3.13. The van der Waals surface area contributed by atoms with Crippen molar-refractivity contribution in [2.24, 2.45) is 0 Å². The molecule has 0 unspecified atom stereocenters. The third-order valence-corrected chi connectivity index (χ3v) is 3.13. The molecule has 0 aliphatic rings. The van der Waals surface area contributed by atoms with Crippen LogP contribution < -0.4 is 14.8 Å². The van der Waals surface area contributed by atoms with Crippen molar-refractivity contribution in [3.63, 3.8) is 0 Å². The van der Waals surface area contributed by atoms with Crippen molar-refractivity contribution in [2.45, 2.75) is 33.9 Å². The molecule has 1 heterocycles. The lowest BCUT2D eigenvalue weighted by Crippen LogP contribution is -2.10. The Morgan fingerprint density at radius 3 is 2.57 bits per heavy atom. The average molecular weight is 289 g/mol. The Hall–Kier alpha value is -1.94. The maximum Gasteiger partial charge on any atom is 0.123 e. The van der Waals surface area contributed by atoms with Gasteiger partial charge in [0.25, 0.3) is 0 Å². The number of hydrogen-bond acceptors (Lipinski definition) is 4. The average Bonchev–Trinajstić information content (AvgIpc) is 2.84. The summed E-state index contributed by atoms with van der Waals surface area (Å²) < 4.78 is 17.0. The minimum absolute atomic E-state index is 0.497. The maximum atomic E-state index is 5.82. The lowest BCUT2D eigenvalue weighted by Gasteiger charge is -2.07. The fourth-order valence-electron chi connectivity index (χ4n) is 2.05. The van der Waals surface area contributed by atoms with Gasteiger partial charge in [0.2, 0.25) is 0 Å². The van der Waals surface area contributed by atoms with Gasteiger partial charge in [0, 0.05) is 11.6 Å². The van der Waals surface area contributed by atoms with Crippen LogP contribution in [0.3, 0.4) is 0 Å². The summed E-state index contributed by atoms with van der Waals surface area (Å²) in [5.74, 6) is 3.47. The van der Waals surface area contributed by atoms with E-state index in [0.717, 1.165) is 41.7 Å². The largest absolute Gasteiger partial charge is 0.494 e. The van der Waals surface area contributed by atoms with Crippen LogP contribution in [0.1, 0.15) is 30.9 Å². The van der Waals surface area contributed by atoms with E-state index in [2.05, 4.69) is 12.2 Å². The van der Waals surface area contributed by atoms with Gasteiger partial charge in [0.15, 0.2) is 0 Å². The van der Waals surface area contributed by atoms with E-state index < -0.39 is 0 Å². The molecule has 1 N–H and O–H groups in total. The summed E-state index contributed by atoms with van der Waals surface area (Å²) in [6.45, 7) is 8.83. The van der Waals surface area contributed by atoms with Crippen molar-refractivity contribution in [3.05, 3.63) is 47.4 Å². The van der Waals surface area contributed by atoms with E-state index in [0.29, 0.717) is 13.2 Å². The monoisotopic (exact) mass is 289 g/mol. The van der Waals surface area contributed by atoms with Gasteiger partial charge in [-0.05, 0) is 38.6 Å². The van der Waals surface area contributed by atoms with Gasteiger partial charge in [-0.2, -0.15) is 0 Å². The number of furan rings is 1. The van der Waals surface area contributed by atoms with Crippen LogP contribution in [0, 0.1) is 6.92 Å². The summed E-state index contributed by atoms with van der Waals surface area (Å²) in [5.41, 5.74) is 1.07. The van der Waals surface area contributed by atoms with E-state index in [1.54, 1.807) is 0 Å². The minimum atomic E-state index is 0.497. The van der Waals surface area contributed by atoms with E-state index in [4.69, 9.17) is 13.9 Å². The molecular weight excluding hydrogens is 266 g/mol. The molecule has 0 fully saturated rings. The fourth-order valence-corrected chi connectivity index (χ4v) is 2.05. The second-order valence-electron chi connectivity index (χ2n) is 4.77. The topological polar surface area (TPSA) is 43.6 Å². The van der Waals surface area contributed by atoms with Gasteiger partial charge < -0.3 is 19.2 Å². The molecule has 1 aromatic carbocycles. The highest BCUT2D eigenvalue weighted by atomic mass is 16.5. The third kappa shape index (κ3) is 4.53. The molecule has 0 spiro atoms. The molecule has 4 heteroatoms. The molecule has 2 aromatic rings. The molecule has 0 amide bonds. The van der Waals surface area contributed by atoms with Crippen molar-refractivity contribution in [1.29, 1.82) is 0 Å². The maximum absolute atomic E-state index is 5.82. The molecule has 21 heavy (non-hydrogen) atoms. The first-order valence-corrected chi connectivity index (χ1v) is 7.37. The Balaban J connectivity index is 1.96.